The van der Waals surface area contributed by atoms with Gasteiger partial charge in [-0.25, -0.2) is 4.79 Å². The van der Waals surface area contributed by atoms with Gasteiger partial charge in [0.15, 0.2) is 0 Å². The van der Waals surface area contributed by atoms with Gasteiger partial charge in [0, 0.05) is 35.2 Å². The van der Waals surface area contributed by atoms with Crippen molar-refractivity contribution in [2.24, 2.45) is 5.92 Å². The highest BCUT2D eigenvalue weighted by molar-refractivity contribution is 5.90. The van der Waals surface area contributed by atoms with Crippen LogP contribution in [0.4, 0.5) is 0 Å². The van der Waals surface area contributed by atoms with Crippen LogP contribution < -0.4 is 4.90 Å². The maximum atomic E-state index is 12.3. The smallest absolute Gasteiger partial charge is 0.337 e. The van der Waals surface area contributed by atoms with Gasteiger partial charge < -0.3 is 19.4 Å². The summed E-state index contributed by atoms with van der Waals surface area (Å²) in [6.07, 6.45) is 5.88. The summed E-state index contributed by atoms with van der Waals surface area (Å²) in [6, 6.07) is 8.86. The van der Waals surface area contributed by atoms with Crippen LogP contribution in [-0.2, 0) is 20.7 Å². The molecule has 5 nitrogen and oxygen atoms in total. The van der Waals surface area contributed by atoms with Crippen molar-refractivity contribution < 1.29 is 19.2 Å². The molecule has 1 aromatic carbocycles. The Morgan fingerprint density at radius 2 is 2.19 bits per heavy atom. The second-order valence-corrected chi connectivity index (χ2v) is 7.47. The number of para-hydroxylation sites is 1. The van der Waals surface area contributed by atoms with Gasteiger partial charge in [-0.3, -0.25) is 0 Å². The van der Waals surface area contributed by atoms with Crippen LogP contribution in [0.5, 0.6) is 0 Å². The lowest BCUT2D eigenvalue weighted by Crippen LogP contribution is -3.10. The Labute approximate surface area is 152 Å². The van der Waals surface area contributed by atoms with E-state index in [9.17, 15) is 4.79 Å². The number of esters is 1. The van der Waals surface area contributed by atoms with Crippen molar-refractivity contribution in [1.82, 2.24) is 4.98 Å². The number of hydrogen-bond donors (Lipinski definition) is 2. The number of methoxy groups -OCH3 is 1. The maximum absolute atomic E-state index is 12.3. The van der Waals surface area contributed by atoms with Crippen molar-refractivity contribution >= 4 is 16.9 Å². The molecule has 0 bridgehead atoms. The van der Waals surface area contributed by atoms with Gasteiger partial charge in [0.2, 0.25) is 0 Å². The molecule has 2 aromatic rings. The Bertz CT molecular complexity index is 955. The summed E-state index contributed by atoms with van der Waals surface area (Å²) < 4.78 is 10.7. The number of nitrogens with one attached hydrogen (secondary N) is 2. The third-order valence-electron chi connectivity index (χ3n) is 6.20. The Morgan fingerprint density at radius 1 is 1.35 bits per heavy atom. The zero-order chi connectivity index (χ0) is 17.8. The van der Waals surface area contributed by atoms with Gasteiger partial charge >= 0.3 is 5.97 Å². The molecule has 4 heterocycles. The van der Waals surface area contributed by atoms with Gasteiger partial charge in [0.05, 0.1) is 37.4 Å². The Balaban J connectivity index is 1.60. The van der Waals surface area contributed by atoms with Crippen molar-refractivity contribution in [3.8, 4) is 0 Å². The number of rotatable bonds is 1. The average Bonchev–Trinajstić information content (AvgIpc) is 3.06. The molecule has 3 aliphatic rings. The number of H-pyrrole nitrogens is 1. The molecule has 0 spiro atoms. The first-order valence-corrected chi connectivity index (χ1v) is 9.28. The van der Waals surface area contributed by atoms with Crippen LogP contribution in [0, 0.1) is 5.92 Å². The fourth-order valence-corrected chi connectivity index (χ4v) is 4.90. The summed E-state index contributed by atoms with van der Waals surface area (Å²) in [7, 11) is 1.43. The molecule has 134 valence electrons. The Hall–Kier alpha value is -2.53. The summed E-state index contributed by atoms with van der Waals surface area (Å²) in [6.45, 7) is 3.13. The van der Waals surface area contributed by atoms with Crippen molar-refractivity contribution in [2.45, 2.75) is 31.9 Å². The summed E-state index contributed by atoms with van der Waals surface area (Å²) in [5, 5.41) is 1.33. The molecule has 0 aliphatic carbocycles. The first kappa shape index (κ1) is 15.7. The predicted molar refractivity (Wildman–Crippen MR) is 97.4 cm³/mol. The Morgan fingerprint density at radius 3 is 3.04 bits per heavy atom. The topological polar surface area (TPSA) is 55.8 Å². The molecule has 5 heteroatoms. The molecule has 3 aliphatic heterocycles. The van der Waals surface area contributed by atoms with E-state index in [1.54, 1.807) is 6.26 Å². The Kier molecular flexibility index (Phi) is 3.47. The number of fused-ring (bicyclic) bond motifs is 6. The standard InChI is InChI=1S/C21H22N2O3/c1-12-16-10-23-8-7-14-13-5-3-4-6-18(13)22-20(14)19(23)9-15(16)17(11-26-12)21(24)25-2/h3-6,10-12,15,19,22H,7-9H2,1-2H3/p+1/t12-,15-,19-/m0/s1. The van der Waals surface area contributed by atoms with Crippen LogP contribution in [0.2, 0.25) is 0 Å². The lowest BCUT2D eigenvalue weighted by atomic mass is 9.77. The molecular formula is C21H23N2O3+. The molecule has 0 saturated carbocycles. The fraction of sp³-hybridized carbons (Fsp3) is 0.381. The van der Waals surface area contributed by atoms with E-state index in [1.807, 2.05) is 0 Å². The highest BCUT2D eigenvalue weighted by atomic mass is 16.5. The molecule has 2 N–H and O–H groups in total. The molecule has 1 aromatic heterocycles. The van der Waals surface area contributed by atoms with Gasteiger partial charge in [-0.15, -0.1) is 0 Å². The first-order chi connectivity index (χ1) is 12.7. The number of benzene rings is 1. The molecule has 1 unspecified atom stereocenters. The minimum Gasteiger partial charge on any atom is -0.493 e. The summed E-state index contributed by atoms with van der Waals surface area (Å²) in [5.41, 5.74) is 5.82. The number of carbonyl (C=O) groups excluding carboxylic acids is 1. The van der Waals surface area contributed by atoms with Crippen LogP contribution in [0.15, 0.2) is 47.9 Å². The zero-order valence-corrected chi connectivity index (χ0v) is 15.0. The maximum Gasteiger partial charge on any atom is 0.337 e. The highest BCUT2D eigenvalue weighted by Crippen LogP contribution is 2.40. The van der Waals surface area contributed by atoms with Crippen LogP contribution in [-0.4, -0.2) is 30.7 Å². The number of aromatic amines is 1. The average molecular weight is 351 g/mol. The molecule has 0 radical (unpaired) electrons. The van der Waals surface area contributed by atoms with E-state index in [0.717, 1.165) is 19.4 Å². The number of ether oxygens (including phenoxy) is 2. The minimum absolute atomic E-state index is 0.00553. The molecular weight excluding hydrogens is 328 g/mol. The van der Waals surface area contributed by atoms with E-state index in [0.29, 0.717) is 11.6 Å². The van der Waals surface area contributed by atoms with E-state index in [4.69, 9.17) is 9.47 Å². The molecule has 0 fully saturated rings. The second-order valence-electron chi connectivity index (χ2n) is 7.47. The van der Waals surface area contributed by atoms with E-state index in [2.05, 4.69) is 42.4 Å². The molecule has 5 rings (SSSR count). The third kappa shape index (κ3) is 2.16. The van der Waals surface area contributed by atoms with Crippen LogP contribution >= 0.6 is 0 Å². The molecule has 0 amide bonds. The van der Waals surface area contributed by atoms with Gasteiger partial charge in [-0.05, 0) is 18.6 Å². The van der Waals surface area contributed by atoms with Crippen LogP contribution in [0.3, 0.4) is 0 Å². The number of aromatic nitrogens is 1. The van der Waals surface area contributed by atoms with Gasteiger partial charge in [0.25, 0.3) is 0 Å². The van der Waals surface area contributed by atoms with Crippen molar-refractivity contribution in [1.29, 1.82) is 0 Å². The minimum atomic E-state index is -0.288. The zero-order valence-electron chi connectivity index (χ0n) is 15.0. The lowest BCUT2D eigenvalue weighted by molar-refractivity contribution is -0.887. The van der Waals surface area contributed by atoms with Crippen molar-refractivity contribution in [2.75, 3.05) is 13.7 Å². The fourth-order valence-electron chi connectivity index (χ4n) is 4.90. The van der Waals surface area contributed by atoms with Gasteiger partial charge in [-0.1, -0.05) is 18.2 Å². The molecule has 26 heavy (non-hydrogen) atoms. The number of carbonyl (C=O) groups is 1. The third-order valence-corrected chi connectivity index (χ3v) is 6.20. The van der Waals surface area contributed by atoms with Gasteiger partial charge in [0.1, 0.15) is 12.1 Å². The molecule has 4 atom stereocenters. The molecule has 0 saturated heterocycles. The summed E-state index contributed by atoms with van der Waals surface area (Å²) in [5.74, 6) is -0.221. The van der Waals surface area contributed by atoms with Crippen LogP contribution in [0.1, 0.15) is 30.6 Å². The van der Waals surface area contributed by atoms with E-state index in [-0.39, 0.29) is 18.0 Å². The SMILES string of the molecule is COC(=O)C1=CO[C@@H](C)C2=C[NH+]3CCc4c([nH]c5ccccc45)[C@@H]3C[C@H]12. The van der Waals surface area contributed by atoms with Crippen molar-refractivity contribution in [3.63, 3.8) is 0 Å². The van der Waals surface area contributed by atoms with E-state index >= 15 is 0 Å². The van der Waals surface area contributed by atoms with Crippen LogP contribution in [0.25, 0.3) is 10.9 Å². The highest BCUT2D eigenvalue weighted by Gasteiger charge is 2.45. The largest absolute Gasteiger partial charge is 0.493 e. The van der Waals surface area contributed by atoms with E-state index < -0.39 is 0 Å². The quantitative estimate of drug-likeness (QED) is 0.773. The van der Waals surface area contributed by atoms with Crippen molar-refractivity contribution in [3.05, 3.63) is 59.1 Å². The summed E-state index contributed by atoms with van der Waals surface area (Å²) >= 11 is 0. The number of quaternary nitrogens is 1. The normalized spacial score (nSPS) is 29.6. The summed E-state index contributed by atoms with van der Waals surface area (Å²) in [4.78, 5) is 17.4. The monoisotopic (exact) mass is 351 g/mol. The second kappa shape index (κ2) is 5.74. The van der Waals surface area contributed by atoms with E-state index in [1.165, 1.54) is 39.7 Å². The predicted octanol–water partition coefficient (Wildman–Crippen LogP) is 2.03. The first-order valence-electron chi connectivity index (χ1n) is 9.28. The van der Waals surface area contributed by atoms with Gasteiger partial charge in [-0.2, -0.15) is 0 Å². The number of hydrogen-bond acceptors (Lipinski definition) is 3. The lowest BCUT2D eigenvalue weighted by Gasteiger charge is -2.40.